The van der Waals surface area contributed by atoms with Crippen LogP contribution in [0.2, 0.25) is 0 Å². The summed E-state index contributed by atoms with van der Waals surface area (Å²) in [7, 11) is 0. The third-order valence-electron chi connectivity index (χ3n) is 2.51. The van der Waals surface area contributed by atoms with E-state index < -0.39 is 5.97 Å². The number of nitrogens with zero attached hydrogens (tertiary/aromatic N) is 3. The van der Waals surface area contributed by atoms with Crippen LogP contribution in [0.3, 0.4) is 0 Å². The van der Waals surface area contributed by atoms with Crippen molar-refractivity contribution in [2.75, 3.05) is 26.2 Å². The average molecular weight is 241 g/mol. The molecular formula is C11H19N3O3. The zero-order valence-electron chi connectivity index (χ0n) is 9.83. The summed E-state index contributed by atoms with van der Waals surface area (Å²) in [4.78, 5) is 16.4. The van der Waals surface area contributed by atoms with Gasteiger partial charge in [0, 0.05) is 32.0 Å². The molecule has 1 aromatic rings. The van der Waals surface area contributed by atoms with Crippen molar-refractivity contribution >= 4 is 5.97 Å². The molecule has 0 radical (unpaired) electrons. The van der Waals surface area contributed by atoms with E-state index in [1.165, 1.54) is 0 Å². The highest BCUT2D eigenvalue weighted by molar-refractivity contribution is 5.66. The molecule has 2 N–H and O–H groups in total. The lowest BCUT2D eigenvalue weighted by Gasteiger charge is -2.20. The summed E-state index contributed by atoms with van der Waals surface area (Å²) in [6.07, 6.45) is 6.41. The van der Waals surface area contributed by atoms with Gasteiger partial charge in [0.05, 0.1) is 19.4 Å². The Morgan fingerprint density at radius 1 is 1.35 bits per heavy atom. The highest BCUT2D eigenvalue weighted by atomic mass is 16.4. The van der Waals surface area contributed by atoms with Crippen LogP contribution >= 0.6 is 0 Å². The minimum Gasteiger partial charge on any atom is -0.481 e. The Bertz CT molecular complexity index is 314. The monoisotopic (exact) mass is 241 g/mol. The van der Waals surface area contributed by atoms with E-state index in [2.05, 4.69) is 4.98 Å². The predicted octanol–water partition coefficient (Wildman–Crippen LogP) is 0.0422. The van der Waals surface area contributed by atoms with E-state index in [-0.39, 0.29) is 13.0 Å². The lowest BCUT2D eigenvalue weighted by Crippen LogP contribution is -2.30. The van der Waals surface area contributed by atoms with E-state index in [1.54, 1.807) is 12.5 Å². The Labute approximate surface area is 100 Å². The van der Waals surface area contributed by atoms with Gasteiger partial charge in [-0.1, -0.05) is 0 Å². The Balaban J connectivity index is 2.21. The highest BCUT2D eigenvalue weighted by Gasteiger charge is 2.06. The van der Waals surface area contributed by atoms with Crippen molar-refractivity contribution in [1.82, 2.24) is 14.5 Å². The molecule has 0 bridgehead atoms. The molecule has 1 rings (SSSR count). The van der Waals surface area contributed by atoms with E-state index in [0.29, 0.717) is 13.1 Å². The predicted molar refractivity (Wildman–Crippen MR) is 62.6 cm³/mol. The Morgan fingerprint density at radius 3 is 2.76 bits per heavy atom. The molecular weight excluding hydrogens is 222 g/mol. The molecule has 0 saturated carbocycles. The van der Waals surface area contributed by atoms with Crippen LogP contribution in [0.4, 0.5) is 0 Å². The number of hydrogen-bond donors (Lipinski definition) is 2. The minimum absolute atomic E-state index is 0.0602. The Morgan fingerprint density at radius 2 is 2.18 bits per heavy atom. The lowest BCUT2D eigenvalue weighted by molar-refractivity contribution is -0.137. The summed E-state index contributed by atoms with van der Waals surface area (Å²) in [6.45, 7) is 2.71. The first-order chi connectivity index (χ1) is 8.22. The number of hydrogen-bond acceptors (Lipinski definition) is 4. The quantitative estimate of drug-likeness (QED) is 0.638. The second-order valence-electron chi connectivity index (χ2n) is 3.86. The number of aliphatic hydroxyl groups excluding tert-OH is 1. The van der Waals surface area contributed by atoms with Crippen molar-refractivity contribution in [3.8, 4) is 0 Å². The number of aryl methyl sites for hydroxylation is 1. The van der Waals surface area contributed by atoms with Crippen LogP contribution in [-0.4, -0.2) is 56.9 Å². The van der Waals surface area contributed by atoms with Crippen LogP contribution in [0, 0.1) is 0 Å². The van der Waals surface area contributed by atoms with Gasteiger partial charge < -0.3 is 19.7 Å². The third kappa shape index (κ3) is 6.03. The van der Waals surface area contributed by atoms with Gasteiger partial charge in [-0.25, -0.2) is 4.98 Å². The fourth-order valence-electron chi connectivity index (χ4n) is 1.63. The van der Waals surface area contributed by atoms with E-state index in [9.17, 15) is 4.79 Å². The summed E-state index contributed by atoms with van der Waals surface area (Å²) < 4.78 is 1.98. The molecule has 0 amide bonds. The molecule has 0 fully saturated rings. The number of carbonyl (C=O) groups is 1. The number of carboxylic acid groups (broad SMARTS) is 1. The zero-order valence-corrected chi connectivity index (χ0v) is 9.83. The standard InChI is InChI=1S/C11H19N3O3/c15-9-8-13(6-2-11(16)17)4-1-5-14-7-3-12-10-14/h3,7,10,15H,1-2,4-6,8-9H2,(H,16,17). The van der Waals surface area contributed by atoms with Crippen molar-refractivity contribution in [2.45, 2.75) is 19.4 Å². The summed E-state index contributed by atoms with van der Waals surface area (Å²) in [5.74, 6) is -0.803. The topological polar surface area (TPSA) is 78.6 Å². The molecule has 1 aromatic heterocycles. The van der Waals surface area contributed by atoms with Gasteiger partial charge >= 0.3 is 5.97 Å². The van der Waals surface area contributed by atoms with Gasteiger partial charge in [-0.05, 0) is 13.0 Å². The Kier molecular flexibility index (Phi) is 6.27. The number of aliphatic hydroxyl groups is 1. The maximum absolute atomic E-state index is 10.5. The molecule has 0 aliphatic carbocycles. The number of imidazole rings is 1. The van der Waals surface area contributed by atoms with Crippen molar-refractivity contribution < 1.29 is 15.0 Å². The number of aromatic nitrogens is 2. The number of aliphatic carboxylic acids is 1. The second-order valence-corrected chi connectivity index (χ2v) is 3.86. The molecule has 0 unspecified atom stereocenters. The SMILES string of the molecule is O=C(O)CCN(CCO)CCCn1ccnc1. The van der Waals surface area contributed by atoms with Crippen LogP contribution in [0.25, 0.3) is 0 Å². The minimum atomic E-state index is -0.803. The van der Waals surface area contributed by atoms with Crippen molar-refractivity contribution in [3.63, 3.8) is 0 Å². The van der Waals surface area contributed by atoms with Gasteiger partial charge in [0.25, 0.3) is 0 Å². The summed E-state index contributed by atoms with van der Waals surface area (Å²) >= 11 is 0. The second kappa shape index (κ2) is 7.81. The van der Waals surface area contributed by atoms with Crippen molar-refractivity contribution in [2.24, 2.45) is 0 Å². The first kappa shape index (κ1) is 13.7. The van der Waals surface area contributed by atoms with E-state index >= 15 is 0 Å². The van der Waals surface area contributed by atoms with Gasteiger partial charge in [-0.15, -0.1) is 0 Å². The lowest BCUT2D eigenvalue weighted by atomic mass is 10.3. The zero-order chi connectivity index (χ0) is 12.5. The molecule has 1 heterocycles. The smallest absolute Gasteiger partial charge is 0.304 e. The van der Waals surface area contributed by atoms with Crippen molar-refractivity contribution in [1.29, 1.82) is 0 Å². The largest absolute Gasteiger partial charge is 0.481 e. The summed E-state index contributed by atoms with van der Waals surface area (Å²) in [5, 5.41) is 17.5. The van der Waals surface area contributed by atoms with Crippen LogP contribution in [0.15, 0.2) is 18.7 Å². The highest BCUT2D eigenvalue weighted by Crippen LogP contribution is 1.97. The molecule has 0 aromatic carbocycles. The van der Waals surface area contributed by atoms with Gasteiger partial charge in [-0.2, -0.15) is 0 Å². The van der Waals surface area contributed by atoms with Gasteiger partial charge in [0.15, 0.2) is 0 Å². The molecule has 0 saturated heterocycles. The van der Waals surface area contributed by atoms with E-state index in [0.717, 1.165) is 19.5 Å². The summed E-state index contributed by atoms with van der Waals surface area (Å²) in [6, 6.07) is 0. The fraction of sp³-hybridized carbons (Fsp3) is 0.636. The maximum atomic E-state index is 10.5. The molecule has 6 heteroatoms. The molecule has 96 valence electrons. The third-order valence-corrected chi connectivity index (χ3v) is 2.51. The first-order valence-corrected chi connectivity index (χ1v) is 5.73. The van der Waals surface area contributed by atoms with Crippen LogP contribution in [0.1, 0.15) is 12.8 Å². The van der Waals surface area contributed by atoms with Crippen LogP contribution < -0.4 is 0 Å². The fourth-order valence-corrected chi connectivity index (χ4v) is 1.63. The molecule has 0 atom stereocenters. The normalized spacial score (nSPS) is 10.9. The molecule has 17 heavy (non-hydrogen) atoms. The number of rotatable bonds is 9. The maximum Gasteiger partial charge on any atom is 0.304 e. The van der Waals surface area contributed by atoms with E-state index in [4.69, 9.17) is 10.2 Å². The van der Waals surface area contributed by atoms with Gasteiger partial charge in [0.2, 0.25) is 0 Å². The first-order valence-electron chi connectivity index (χ1n) is 5.73. The van der Waals surface area contributed by atoms with Crippen molar-refractivity contribution in [3.05, 3.63) is 18.7 Å². The van der Waals surface area contributed by atoms with Crippen LogP contribution in [-0.2, 0) is 11.3 Å². The average Bonchev–Trinajstić information content (AvgIpc) is 2.78. The molecule has 0 spiro atoms. The van der Waals surface area contributed by atoms with Gasteiger partial charge in [-0.3, -0.25) is 4.79 Å². The van der Waals surface area contributed by atoms with Crippen LogP contribution in [0.5, 0.6) is 0 Å². The molecule has 6 nitrogen and oxygen atoms in total. The molecule has 0 aliphatic rings. The van der Waals surface area contributed by atoms with Gasteiger partial charge in [0.1, 0.15) is 0 Å². The molecule has 0 aliphatic heterocycles. The van der Waals surface area contributed by atoms with E-state index in [1.807, 2.05) is 15.7 Å². The summed E-state index contributed by atoms with van der Waals surface area (Å²) in [5.41, 5.74) is 0. The number of carboxylic acids is 1. The Hall–Kier alpha value is -1.40.